The third kappa shape index (κ3) is 4.19. The van der Waals surface area contributed by atoms with Gasteiger partial charge in [-0.2, -0.15) is 0 Å². The first-order valence-corrected chi connectivity index (χ1v) is 5.91. The Morgan fingerprint density at radius 3 is 2.94 bits per heavy atom. The number of halogens is 2. The van der Waals surface area contributed by atoms with Crippen molar-refractivity contribution in [2.75, 3.05) is 12.5 Å². The molecule has 0 spiro atoms. The van der Waals surface area contributed by atoms with E-state index in [4.69, 9.17) is 16.3 Å². The van der Waals surface area contributed by atoms with Crippen molar-refractivity contribution in [3.8, 4) is 0 Å². The molecule has 2 nitrogen and oxygen atoms in total. The second-order valence-electron chi connectivity index (χ2n) is 3.33. The van der Waals surface area contributed by atoms with Gasteiger partial charge in [0.1, 0.15) is 5.82 Å². The average Bonchev–Trinajstić information content (AvgIpc) is 2.30. The number of rotatable bonds is 5. The van der Waals surface area contributed by atoms with Gasteiger partial charge >= 0.3 is 5.97 Å². The maximum Gasteiger partial charge on any atom is 0.338 e. The minimum Gasteiger partial charge on any atom is -0.462 e. The summed E-state index contributed by atoms with van der Waals surface area (Å²) in [5.41, 5.74) is 0.868. The second kappa shape index (κ2) is 7.07. The zero-order valence-corrected chi connectivity index (χ0v) is 10.3. The number of esters is 1. The summed E-state index contributed by atoms with van der Waals surface area (Å²) in [5, 5.41) is 0. The second-order valence-corrected chi connectivity index (χ2v) is 3.71. The number of alkyl halides is 1. The molecule has 0 bridgehead atoms. The number of allylic oxidation sites excluding steroid dienone is 1. The quantitative estimate of drug-likeness (QED) is 0.594. The zero-order chi connectivity index (χ0) is 12.7. The fourth-order valence-electron chi connectivity index (χ4n) is 1.34. The molecular formula is C13H14ClFO2. The Morgan fingerprint density at radius 1 is 1.53 bits per heavy atom. The lowest BCUT2D eigenvalue weighted by atomic mass is 10.1. The molecule has 0 amide bonds. The van der Waals surface area contributed by atoms with Crippen LogP contribution in [0.4, 0.5) is 4.39 Å². The number of carbonyl (C=O) groups excluding carboxylic acids is 1. The third-order valence-corrected chi connectivity index (χ3v) is 2.30. The number of benzene rings is 1. The Bertz CT molecular complexity index is 416. The van der Waals surface area contributed by atoms with Gasteiger partial charge in [0, 0.05) is 5.88 Å². The number of ether oxygens (including phenoxy) is 1. The first-order chi connectivity index (χ1) is 8.19. The fraction of sp³-hybridized carbons (Fsp3) is 0.308. The Labute approximate surface area is 105 Å². The third-order valence-electron chi connectivity index (χ3n) is 2.08. The molecule has 0 heterocycles. The largest absolute Gasteiger partial charge is 0.462 e. The smallest absolute Gasteiger partial charge is 0.338 e. The van der Waals surface area contributed by atoms with E-state index in [0.717, 1.165) is 0 Å². The lowest BCUT2D eigenvalue weighted by Gasteiger charge is -2.05. The van der Waals surface area contributed by atoms with E-state index in [0.29, 0.717) is 30.0 Å². The molecule has 0 fully saturated rings. The zero-order valence-electron chi connectivity index (χ0n) is 9.58. The minimum atomic E-state index is -0.446. The first kappa shape index (κ1) is 13.7. The van der Waals surface area contributed by atoms with E-state index in [2.05, 4.69) is 0 Å². The molecule has 1 rings (SSSR count). The van der Waals surface area contributed by atoms with Crippen molar-refractivity contribution in [2.24, 2.45) is 0 Å². The molecule has 1 aromatic rings. The molecule has 0 atom stereocenters. The SMILES string of the molecule is CCOC(=O)c1ccc(F)cc1C=CCCCl. The van der Waals surface area contributed by atoms with E-state index < -0.39 is 5.97 Å². The van der Waals surface area contributed by atoms with Gasteiger partial charge < -0.3 is 4.74 Å². The van der Waals surface area contributed by atoms with E-state index in [1.54, 1.807) is 19.1 Å². The fourth-order valence-corrected chi connectivity index (χ4v) is 1.47. The highest BCUT2D eigenvalue weighted by atomic mass is 35.5. The van der Waals surface area contributed by atoms with Crippen molar-refractivity contribution in [3.05, 3.63) is 41.2 Å². The lowest BCUT2D eigenvalue weighted by molar-refractivity contribution is 0.0526. The van der Waals surface area contributed by atoms with Crippen molar-refractivity contribution in [3.63, 3.8) is 0 Å². The van der Waals surface area contributed by atoms with Crippen LogP contribution in [0.3, 0.4) is 0 Å². The molecule has 92 valence electrons. The molecule has 0 N–H and O–H groups in total. The van der Waals surface area contributed by atoms with Crippen molar-refractivity contribution in [1.29, 1.82) is 0 Å². The Hall–Kier alpha value is -1.35. The van der Waals surface area contributed by atoms with E-state index in [-0.39, 0.29) is 5.82 Å². The van der Waals surface area contributed by atoms with Crippen molar-refractivity contribution >= 4 is 23.6 Å². The van der Waals surface area contributed by atoms with Gasteiger partial charge in [-0.3, -0.25) is 0 Å². The average molecular weight is 257 g/mol. The first-order valence-electron chi connectivity index (χ1n) is 5.38. The summed E-state index contributed by atoms with van der Waals surface area (Å²) >= 11 is 5.53. The molecule has 0 radical (unpaired) electrons. The van der Waals surface area contributed by atoms with Crippen LogP contribution in [0, 0.1) is 5.82 Å². The summed E-state index contributed by atoms with van der Waals surface area (Å²) in [7, 11) is 0. The van der Waals surface area contributed by atoms with Crippen LogP contribution in [0.5, 0.6) is 0 Å². The molecular weight excluding hydrogens is 243 g/mol. The molecule has 0 aliphatic rings. The monoisotopic (exact) mass is 256 g/mol. The van der Waals surface area contributed by atoms with Gasteiger partial charge in [-0.15, -0.1) is 11.6 Å². The van der Waals surface area contributed by atoms with Crippen molar-refractivity contribution in [2.45, 2.75) is 13.3 Å². The normalized spacial score (nSPS) is 10.8. The molecule has 1 aromatic carbocycles. The van der Waals surface area contributed by atoms with Crippen LogP contribution >= 0.6 is 11.6 Å². The van der Waals surface area contributed by atoms with Crippen LogP contribution in [0.25, 0.3) is 6.08 Å². The van der Waals surface area contributed by atoms with Crippen molar-refractivity contribution in [1.82, 2.24) is 0 Å². The molecule has 0 aliphatic carbocycles. The maximum absolute atomic E-state index is 13.1. The Morgan fingerprint density at radius 2 is 2.29 bits per heavy atom. The molecule has 0 saturated heterocycles. The molecule has 0 aliphatic heterocycles. The minimum absolute atomic E-state index is 0.293. The molecule has 4 heteroatoms. The van der Waals surface area contributed by atoms with Crippen LogP contribution in [-0.2, 0) is 4.74 Å². The predicted molar refractivity (Wildman–Crippen MR) is 66.7 cm³/mol. The summed E-state index contributed by atoms with van der Waals surface area (Å²) in [5.74, 6) is -0.345. The Kier molecular flexibility index (Phi) is 5.70. The van der Waals surface area contributed by atoms with Crippen LogP contribution in [-0.4, -0.2) is 18.5 Å². The van der Waals surface area contributed by atoms with Gasteiger partial charge in [0.25, 0.3) is 0 Å². The van der Waals surface area contributed by atoms with Gasteiger partial charge in [-0.05, 0) is 37.1 Å². The summed E-state index contributed by atoms with van der Waals surface area (Å²) in [6.45, 7) is 2.02. The summed E-state index contributed by atoms with van der Waals surface area (Å²) in [4.78, 5) is 11.6. The van der Waals surface area contributed by atoms with E-state index >= 15 is 0 Å². The summed E-state index contributed by atoms with van der Waals surface area (Å²) in [6, 6.07) is 3.97. The maximum atomic E-state index is 13.1. The van der Waals surface area contributed by atoms with Crippen LogP contribution in [0.15, 0.2) is 24.3 Å². The standard InChI is InChI=1S/C13H14ClFO2/c1-2-17-13(16)12-7-6-11(15)9-10(12)5-3-4-8-14/h3,5-7,9H,2,4,8H2,1H3. The lowest BCUT2D eigenvalue weighted by Crippen LogP contribution is -2.06. The van der Waals surface area contributed by atoms with Crippen LogP contribution in [0.2, 0.25) is 0 Å². The highest BCUT2D eigenvalue weighted by Gasteiger charge is 2.11. The van der Waals surface area contributed by atoms with Crippen LogP contribution < -0.4 is 0 Å². The van der Waals surface area contributed by atoms with E-state index in [1.807, 2.05) is 0 Å². The topological polar surface area (TPSA) is 26.3 Å². The van der Waals surface area contributed by atoms with Gasteiger partial charge in [-0.1, -0.05) is 12.2 Å². The number of carbonyl (C=O) groups is 1. The highest BCUT2D eigenvalue weighted by molar-refractivity contribution is 6.17. The molecule has 0 aromatic heterocycles. The summed E-state index contributed by atoms with van der Waals surface area (Å²) in [6.07, 6.45) is 4.14. The molecule has 17 heavy (non-hydrogen) atoms. The molecule has 0 unspecified atom stereocenters. The van der Waals surface area contributed by atoms with Gasteiger partial charge in [0.05, 0.1) is 12.2 Å². The Balaban J connectivity index is 2.99. The number of hydrogen-bond acceptors (Lipinski definition) is 2. The summed E-state index contributed by atoms with van der Waals surface area (Å²) < 4.78 is 18.0. The van der Waals surface area contributed by atoms with Gasteiger partial charge in [0.2, 0.25) is 0 Å². The van der Waals surface area contributed by atoms with Gasteiger partial charge in [-0.25, -0.2) is 9.18 Å². The number of hydrogen-bond donors (Lipinski definition) is 0. The van der Waals surface area contributed by atoms with Gasteiger partial charge in [0.15, 0.2) is 0 Å². The van der Waals surface area contributed by atoms with E-state index in [9.17, 15) is 9.18 Å². The highest BCUT2D eigenvalue weighted by Crippen LogP contribution is 2.15. The van der Waals surface area contributed by atoms with Crippen molar-refractivity contribution < 1.29 is 13.9 Å². The predicted octanol–water partition coefficient (Wildman–Crippen LogP) is 3.64. The molecule has 0 saturated carbocycles. The van der Waals surface area contributed by atoms with Crippen LogP contribution in [0.1, 0.15) is 29.3 Å². The van der Waals surface area contributed by atoms with E-state index in [1.165, 1.54) is 18.2 Å².